The molecule has 6 rings (SSSR count). The number of imide groups is 1. The molecule has 0 unspecified atom stereocenters. The minimum absolute atomic E-state index is 0.234. The van der Waals surface area contributed by atoms with Crippen molar-refractivity contribution in [3.8, 4) is 0 Å². The topological polar surface area (TPSA) is 91.7 Å². The highest BCUT2D eigenvalue weighted by atomic mass is 79.9. The summed E-state index contributed by atoms with van der Waals surface area (Å²) in [5, 5.41) is 3.12. The number of carbonyl (C=O) groups excluding carboxylic acids is 3. The van der Waals surface area contributed by atoms with Gasteiger partial charge >= 0.3 is 4.87 Å². The lowest BCUT2D eigenvalue weighted by Gasteiger charge is -2.31. The fourth-order valence-corrected chi connectivity index (χ4v) is 8.48. The molecule has 3 atom stereocenters. The zero-order valence-corrected chi connectivity index (χ0v) is 26.4. The summed E-state index contributed by atoms with van der Waals surface area (Å²) in [6.45, 7) is -0.234. The van der Waals surface area contributed by atoms with Gasteiger partial charge in [-0.15, -0.1) is 0 Å². The van der Waals surface area contributed by atoms with Crippen LogP contribution in [0, 0.1) is 5.92 Å². The van der Waals surface area contributed by atoms with Gasteiger partial charge in [-0.25, -0.2) is 4.90 Å². The summed E-state index contributed by atoms with van der Waals surface area (Å²) in [5.74, 6) is -2.27. The van der Waals surface area contributed by atoms with E-state index in [-0.39, 0.29) is 29.1 Å². The molecule has 8 nitrogen and oxygen atoms in total. The number of halogens is 2. The molecule has 12 heteroatoms. The molecule has 0 saturated carbocycles. The van der Waals surface area contributed by atoms with Crippen molar-refractivity contribution < 1.29 is 14.4 Å². The zero-order valence-electron chi connectivity index (χ0n) is 22.4. The molecule has 2 aliphatic rings. The second kappa shape index (κ2) is 11.4. The minimum atomic E-state index is -0.758. The molecule has 214 valence electrons. The third-order valence-corrected chi connectivity index (χ3v) is 10.7. The van der Waals surface area contributed by atoms with Crippen LogP contribution in [0.4, 0.5) is 17.1 Å². The largest absolute Gasteiger partial charge is 0.378 e. The van der Waals surface area contributed by atoms with Gasteiger partial charge in [-0.2, -0.15) is 0 Å². The fraction of sp³-hybridized carbons (Fsp3) is 0.200. The SMILES string of the molecule is CN(C)c1ccc([C@@H]2c3sc(=O)n(CC(=O)Nc4ccc(Cl)cc4)c3S[C@H]3C(=O)N(c4ccc(Br)cc4)C(=O)[C@@H]23)cc1. The number of aromatic nitrogens is 1. The monoisotopic (exact) mass is 682 g/mol. The van der Waals surface area contributed by atoms with Gasteiger partial charge in [0.2, 0.25) is 17.7 Å². The lowest BCUT2D eigenvalue weighted by Crippen LogP contribution is -2.33. The van der Waals surface area contributed by atoms with Crippen LogP contribution in [0.1, 0.15) is 16.4 Å². The number of hydrogen-bond donors (Lipinski definition) is 1. The van der Waals surface area contributed by atoms with Gasteiger partial charge in [0.15, 0.2) is 0 Å². The molecule has 1 aromatic heterocycles. The molecule has 1 fully saturated rings. The maximum absolute atomic E-state index is 14.0. The first-order valence-corrected chi connectivity index (χ1v) is 15.9. The van der Waals surface area contributed by atoms with Crippen LogP contribution in [0.15, 0.2) is 87.1 Å². The summed E-state index contributed by atoms with van der Waals surface area (Å²) >= 11 is 11.6. The Bertz CT molecular complexity index is 1750. The Kier molecular flexibility index (Phi) is 7.77. The molecular formula is C30H24BrClN4O4S2. The summed E-state index contributed by atoms with van der Waals surface area (Å²) in [5.41, 5.74) is 2.86. The average Bonchev–Trinajstić information content (AvgIpc) is 3.41. The van der Waals surface area contributed by atoms with E-state index in [2.05, 4.69) is 21.2 Å². The predicted molar refractivity (Wildman–Crippen MR) is 171 cm³/mol. The third kappa shape index (κ3) is 5.19. The van der Waals surface area contributed by atoms with Crippen LogP contribution >= 0.6 is 50.6 Å². The number of fused-ring (bicyclic) bond motifs is 2. The van der Waals surface area contributed by atoms with Crippen molar-refractivity contribution in [3.63, 3.8) is 0 Å². The Labute approximate surface area is 263 Å². The number of thioether (sulfide) groups is 1. The van der Waals surface area contributed by atoms with E-state index < -0.39 is 17.1 Å². The molecule has 42 heavy (non-hydrogen) atoms. The average molecular weight is 684 g/mol. The first-order valence-electron chi connectivity index (χ1n) is 13.0. The lowest BCUT2D eigenvalue weighted by molar-refractivity contribution is -0.122. The van der Waals surface area contributed by atoms with Crippen molar-refractivity contribution in [3.05, 3.63) is 102 Å². The second-order valence-corrected chi connectivity index (χ2v) is 13.7. The number of benzene rings is 3. The second-order valence-electron chi connectivity index (χ2n) is 10.2. The normalized spacial score (nSPS) is 19.4. The first-order chi connectivity index (χ1) is 20.1. The summed E-state index contributed by atoms with van der Waals surface area (Å²) < 4.78 is 2.24. The summed E-state index contributed by atoms with van der Waals surface area (Å²) in [6, 6.07) is 21.5. The maximum atomic E-state index is 14.0. The van der Waals surface area contributed by atoms with E-state index in [1.165, 1.54) is 21.2 Å². The molecule has 3 amide bonds. The number of carbonyl (C=O) groups is 3. The highest BCUT2D eigenvalue weighted by Gasteiger charge is 2.56. The number of thiazole rings is 1. The van der Waals surface area contributed by atoms with Crippen LogP contribution in [0.3, 0.4) is 0 Å². The summed E-state index contributed by atoms with van der Waals surface area (Å²) in [6.07, 6.45) is 0. The van der Waals surface area contributed by atoms with Crippen molar-refractivity contribution in [1.82, 2.24) is 4.57 Å². The minimum Gasteiger partial charge on any atom is -0.378 e. The van der Waals surface area contributed by atoms with Crippen molar-refractivity contribution in [2.24, 2.45) is 5.92 Å². The Morgan fingerprint density at radius 3 is 2.26 bits per heavy atom. The van der Waals surface area contributed by atoms with Crippen LogP contribution in [0.25, 0.3) is 0 Å². The van der Waals surface area contributed by atoms with E-state index in [0.29, 0.717) is 26.3 Å². The van der Waals surface area contributed by atoms with E-state index in [0.717, 1.165) is 27.1 Å². The Balaban J connectivity index is 1.41. The van der Waals surface area contributed by atoms with Crippen LogP contribution in [-0.4, -0.2) is 41.6 Å². The number of nitrogens with one attached hydrogen (secondary N) is 1. The van der Waals surface area contributed by atoms with Crippen molar-refractivity contribution in [1.29, 1.82) is 0 Å². The van der Waals surface area contributed by atoms with Crippen molar-refractivity contribution >= 4 is 85.4 Å². The zero-order chi connectivity index (χ0) is 29.7. The van der Waals surface area contributed by atoms with Gasteiger partial charge in [-0.3, -0.25) is 23.7 Å². The van der Waals surface area contributed by atoms with Gasteiger partial charge < -0.3 is 10.2 Å². The summed E-state index contributed by atoms with van der Waals surface area (Å²) in [7, 11) is 3.88. The van der Waals surface area contributed by atoms with Gasteiger partial charge in [0, 0.05) is 45.8 Å². The Hall–Kier alpha value is -3.38. The number of hydrogen-bond acceptors (Lipinski definition) is 7. The Morgan fingerprint density at radius 1 is 0.952 bits per heavy atom. The van der Waals surface area contributed by atoms with Crippen LogP contribution in [-0.2, 0) is 20.9 Å². The molecule has 0 bridgehead atoms. The van der Waals surface area contributed by atoms with Crippen LogP contribution < -0.4 is 20.0 Å². The van der Waals surface area contributed by atoms with E-state index in [1.54, 1.807) is 48.5 Å². The van der Waals surface area contributed by atoms with Crippen molar-refractivity contribution in [2.45, 2.75) is 22.7 Å². The number of rotatable bonds is 6. The van der Waals surface area contributed by atoms with E-state index in [1.807, 2.05) is 43.3 Å². The fourth-order valence-electron chi connectivity index (χ4n) is 5.32. The first kappa shape index (κ1) is 28.7. The van der Waals surface area contributed by atoms with Gasteiger partial charge in [0.1, 0.15) is 11.8 Å². The standard InChI is InChI=1S/C30H24BrClN4O4S2/c1-34(2)20-11-3-16(4-12-20)23-24-25(28(39)36(27(24)38)21-13-5-17(31)6-14-21)41-29-26(23)42-30(40)35(29)15-22(37)33-19-9-7-18(32)8-10-19/h3-14,23-25H,15H2,1-2H3,(H,33,37)/t23-,24-,25+/m0/s1. The number of nitrogens with zero attached hydrogens (tertiary/aromatic N) is 3. The molecule has 1 saturated heterocycles. The van der Waals surface area contributed by atoms with Crippen molar-refractivity contribution in [2.75, 3.05) is 29.2 Å². The third-order valence-electron chi connectivity index (χ3n) is 7.33. The van der Waals surface area contributed by atoms with Crippen LogP contribution in [0.2, 0.25) is 5.02 Å². The molecule has 0 radical (unpaired) electrons. The van der Waals surface area contributed by atoms with Crippen LogP contribution in [0.5, 0.6) is 0 Å². The smallest absolute Gasteiger partial charge is 0.308 e. The van der Waals surface area contributed by atoms with E-state index in [4.69, 9.17) is 11.6 Å². The molecule has 1 N–H and O–H groups in total. The highest BCUT2D eigenvalue weighted by Crippen LogP contribution is 2.54. The summed E-state index contributed by atoms with van der Waals surface area (Å²) in [4.78, 5) is 57.8. The maximum Gasteiger partial charge on any atom is 0.308 e. The highest BCUT2D eigenvalue weighted by molar-refractivity contribution is 9.10. The van der Waals surface area contributed by atoms with Gasteiger partial charge in [-0.1, -0.05) is 62.8 Å². The van der Waals surface area contributed by atoms with E-state index >= 15 is 0 Å². The van der Waals surface area contributed by atoms with Gasteiger partial charge in [0.05, 0.1) is 16.6 Å². The molecule has 3 heterocycles. The molecule has 3 aromatic carbocycles. The van der Waals surface area contributed by atoms with E-state index in [9.17, 15) is 19.2 Å². The quantitative estimate of drug-likeness (QED) is 0.258. The molecule has 4 aromatic rings. The molecule has 0 spiro atoms. The van der Waals surface area contributed by atoms with Gasteiger partial charge in [0.25, 0.3) is 0 Å². The molecular weight excluding hydrogens is 660 g/mol. The lowest BCUT2D eigenvalue weighted by atomic mass is 9.83. The predicted octanol–water partition coefficient (Wildman–Crippen LogP) is 5.83. The number of amides is 3. The molecule has 0 aliphatic carbocycles. The van der Waals surface area contributed by atoms with Gasteiger partial charge in [-0.05, 0) is 66.2 Å². The number of anilines is 3. The molecule has 2 aliphatic heterocycles. The Morgan fingerprint density at radius 2 is 1.62 bits per heavy atom.